The first kappa shape index (κ1) is 24.0. The summed E-state index contributed by atoms with van der Waals surface area (Å²) in [6, 6.07) is 5.84. The van der Waals surface area contributed by atoms with Crippen molar-refractivity contribution in [1.82, 2.24) is 29.0 Å². The molecular formula is C20H28N6O5S2. The van der Waals surface area contributed by atoms with Gasteiger partial charge in [-0.2, -0.15) is 4.31 Å². The molecule has 0 N–H and O–H groups in total. The summed E-state index contributed by atoms with van der Waals surface area (Å²) in [6.07, 6.45) is 2.17. The fourth-order valence-electron chi connectivity index (χ4n) is 3.92. The molecule has 3 heterocycles. The van der Waals surface area contributed by atoms with Gasteiger partial charge in [-0.1, -0.05) is 0 Å². The maximum Gasteiger partial charge on any atom is 0.338 e. The van der Waals surface area contributed by atoms with E-state index in [4.69, 9.17) is 21.7 Å². The molecule has 0 saturated carbocycles. The van der Waals surface area contributed by atoms with E-state index in [9.17, 15) is 13.2 Å². The Balaban J connectivity index is 1.33. The van der Waals surface area contributed by atoms with Crippen molar-refractivity contribution in [2.75, 3.05) is 39.4 Å². The number of hydrogen-bond donors (Lipinski definition) is 0. The summed E-state index contributed by atoms with van der Waals surface area (Å²) >= 11 is 5.50. The summed E-state index contributed by atoms with van der Waals surface area (Å²) in [6.45, 7) is 5.58. The molecule has 0 aliphatic carbocycles. The van der Waals surface area contributed by atoms with Gasteiger partial charge in [0.1, 0.15) is 0 Å². The van der Waals surface area contributed by atoms with Gasteiger partial charge in [0.15, 0.2) is 0 Å². The molecule has 0 spiro atoms. The van der Waals surface area contributed by atoms with Gasteiger partial charge < -0.3 is 9.47 Å². The smallest absolute Gasteiger partial charge is 0.338 e. The molecule has 2 aromatic rings. The van der Waals surface area contributed by atoms with E-state index in [-0.39, 0.29) is 17.6 Å². The minimum absolute atomic E-state index is 0.127. The van der Waals surface area contributed by atoms with Crippen LogP contribution in [0.3, 0.4) is 0 Å². The summed E-state index contributed by atoms with van der Waals surface area (Å²) in [5.41, 5.74) is 0.324. The lowest BCUT2D eigenvalue weighted by Crippen LogP contribution is -2.48. The third-order valence-electron chi connectivity index (χ3n) is 5.77. The molecule has 180 valence electrons. The number of carbonyl (C=O) groups is 1. The molecule has 1 aromatic heterocycles. The molecule has 1 aromatic carbocycles. The van der Waals surface area contributed by atoms with Crippen molar-refractivity contribution in [2.24, 2.45) is 0 Å². The van der Waals surface area contributed by atoms with Crippen LogP contribution in [0.1, 0.15) is 30.1 Å². The van der Waals surface area contributed by atoms with Crippen molar-refractivity contribution in [3.63, 3.8) is 0 Å². The van der Waals surface area contributed by atoms with Gasteiger partial charge in [-0.05, 0) is 66.7 Å². The number of sulfonamides is 1. The zero-order chi connectivity index (χ0) is 23.4. The summed E-state index contributed by atoms with van der Waals surface area (Å²) in [4.78, 5) is 14.0. The van der Waals surface area contributed by atoms with E-state index in [0.29, 0.717) is 49.7 Å². The van der Waals surface area contributed by atoms with Crippen LogP contribution in [-0.2, 0) is 32.7 Å². The maximum absolute atomic E-state index is 13.0. The lowest BCUT2D eigenvalue weighted by molar-refractivity contribution is 0.0526. The zero-order valence-electron chi connectivity index (χ0n) is 18.5. The highest BCUT2D eigenvalue weighted by Crippen LogP contribution is 2.19. The van der Waals surface area contributed by atoms with Crippen molar-refractivity contribution in [3.8, 4) is 0 Å². The Morgan fingerprint density at radius 3 is 2.48 bits per heavy atom. The summed E-state index contributed by atoms with van der Waals surface area (Å²) in [7, 11) is -3.65. The van der Waals surface area contributed by atoms with Crippen LogP contribution >= 0.6 is 12.2 Å². The fraction of sp³-hybridized carbons (Fsp3) is 0.600. The van der Waals surface area contributed by atoms with E-state index in [1.54, 1.807) is 16.3 Å². The molecule has 11 nitrogen and oxygen atoms in total. The summed E-state index contributed by atoms with van der Waals surface area (Å²) < 4.78 is 41.9. The number of ether oxygens (including phenoxy) is 2. The van der Waals surface area contributed by atoms with Crippen molar-refractivity contribution >= 4 is 28.2 Å². The number of hydrogen-bond acceptors (Lipinski definition) is 9. The Hall–Kier alpha value is -2.19. The quantitative estimate of drug-likeness (QED) is 0.392. The molecule has 13 heteroatoms. The first-order valence-electron chi connectivity index (χ1n) is 11.0. The van der Waals surface area contributed by atoms with Gasteiger partial charge >= 0.3 is 5.97 Å². The van der Waals surface area contributed by atoms with Crippen LogP contribution in [0.2, 0.25) is 0 Å². The number of piperazine rings is 1. The van der Waals surface area contributed by atoms with E-state index in [1.165, 1.54) is 28.6 Å². The lowest BCUT2D eigenvalue weighted by Gasteiger charge is -2.33. The SMILES string of the molecule is CCOC(=O)c1ccc(S(=O)(=O)N2CCN(Cn3nnn(C[C@@H]4CCCO4)c3=S)CC2)cc1. The number of tetrazole rings is 1. The van der Waals surface area contributed by atoms with Crippen LogP contribution in [0.4, 0.5) is 0 Å². The van der Waals surface area contributed by atoms with E-state index < -0.39 is 16.0 Å². The van der Waals surface area contributed by atoms with Gasteiger partial charge in [0, 0.05) is 32.8 Å². The first-order chi connectivity index (χ1) is 15.9. The standard InChI is InChI=1S/C20H28N6O5S2/c1-2-30-19(27)16-5-7-18(8-6-16)33(28,29)24-11-9-23(10-12-24)15-26-20(32)25(21-22-26)14-17-4-3-13-31-17/h5-8,17H,2-4,9-15H2,1H3/t17-/m0/s1. The first-order valence-corrected chi connectivity index (χ1v) is 12.8. The Bertz CT molecular complexity index is 1120. The van der Waals surface area contributed by atoms with Gasteiger partial charge in [0.25, 0.3) is 0 Å². The molecule has 2 aliphatic heterocycles. The van der Waals surface area contributed by atoms with Gasteiger partial charge in [-0.25, -0.2) is 22.6 Å². The minimum Gasteiger partial charge on any atom is -0.462 e. The predicted octanol–water partition coefficient (Wildman–Crippen LogP) is 1.13. The van der Waals surface area contributed by atoms with Crippen LogP contribution in [0.15, 0.2) is 29.2 Å². The van der Waals surface area contributed by atoms with Crippen molar-refractivity contribution in [1.29, 1.82) is 0 Å². The van der Waals surface area contributed by atoms with Gasteiger partial charge in [-0.3, -0.25) is 4.90 Å². The second kappa shape index (κ2) is 10.4. The molecule has 2 fully saturated rings. The van der Waals surface area contributed by atoms with Crippen molar-refractivity contribution < 1.29 is 22.7 Å². The molecule has 0 bridgehead atoms. The van der Waals surface area contributed by atoms with Crippen LogP contribution in [0, 0.1) is 4.77 Å². The second-order valence-electron chi connectivity index (χ2n) is 7.99. The summed E-state index contributed by atoms with van der Waals surface area (Å²) in [5.74, 6) is -0.471. The largest absolute Gasteiger partial charge is 0.462 e. The third-order valence-corrected chi connectivity index (χ3v) is 8.10. The highest BCUT2D eigenvalue weighted by molar-refractivity contribution is 7.89. The normalized spacial score (nSPS) is 20.2. The van der Waals surface area contributed by atoms with E-state index in [0.717, 1.165) is 19.4 Å². The van der Waals surface area contributed by atoms with Gasteiger partial charge in [0.05, 0.1) is 36.4 Å². The zero-order valence-corrected chi connectivity index (χ0v) is 20.1. The molecule has 2 aliphatic rings. The molecule has 2 saturated heterocycles. The Kier molecular flexibility index (Phi) is 7.54. The fourth-order valence-corrected chi connectivity index (χ4v) is 5.55. The lowest BCUT2D eigenvalue weighted by atomic mass is 10.2. The average Bonchev–Trinajstić information content (AvgIpc) is 3.45. The maximum atomic E-state index is 13.0. The van der Waals surface area contributed by atoms with E-state index in [2.05, 4.69) is 15.3 Å². The van der Waals surface area contributed by atoms with E-state index in [1.807, 2.05) is 0 Å². The molecule has 0 radical (unpaired) electrons. The Morgan fingerprint density at radius 2 is 1.85 bits per heavy atom. The highest BCUT2D eigenvalue weighted by atomic mass is 32.2. The molecule has 33 heavy (non-hydrogen) atoms. The Morgan fingerprint density at radius 1 is 1.15 bits per heavy atom. The van der Waals surface area contributed by atoms with Gasteiger partial charge in [-0.15, -0.1) is 0 Å². The number of aromatic nitrogens is 4. The van der Waals surface area contributed by atoms with Crippen LogP contribution in [0.5, 0.6) is 0 Å². The van der Waals surface area contributed by atoms with E-state index >= 15 is 0 Å². The predicted molar refractivity (Wildman–Crippen MR) is 121 cm³/mol. The van der Waals surface area contributed by atoms with Crippen LogP contribution in [0.25, 0.3) is 0 Å². The number of nitrogens with zero attached hydrogens (tertiary/aromatic N) is 6. The number of esters is 1. The van der Waals surface area contributed by atoms with Crippen molar-refractivity contribution in [2.45, 2.75) is 44.0 Å². The average molecular weight is 497 g/mol. The monoisotopic (exact) mass is 496 g/mol. The number of benzene rings is 1. The molecule has 4 rings (SSSR count). The highest BCUT2D eigenvalue weighted by Gasteiger charge is 2.29. The van der Waals surface area contributed by atoms with Crippen molar-refractivity contribution in [3.05, 3.63) is 34.6 Å². The molecule has 1 atom stereocenters. The molecule has 0 amide bonds. The van der Waals surface area contributed by atoms with Crippen LogP contribution < -0.4 is 0 Å². The van der Waals surface area contributed by atoms with Gasteiger partial charge in [0.2, 0.25) is 14.8 Å². The topological polar surface area (TPSA) is 112 Å². The molecular weight excluding hydrogens is 468 g/mol. The Labute approximate surface area is 197 Å². The second-order valence-corrected chi connectivity index (χ2v) is 10.3. The number of carbonyl (C=O) groups excluding carboxylic acids is 1. The number of rotatable bonds is 8. The molecule has 0 unspecified atom stereocenters. The minimum atomic E-state index is -3.65. The van der Waals surface area contributed by atoms with Crippen LogP contribution in [-0.4, -0.2) is 88.9 Å². The summed E-state index contributed by atoms with van der Waals surface area (Å²) in [5, 5.41) is 8.31. The third kappa shape index (κ3) is 5.49.